The zero-order valence-electron chi connectivity index (χ0n) is 14.6. The number of phenolic OH excluding ortho intramolecular Hbond substituents is 1. The molecule has 0 aliphatic heterocycles. The first-order valence-electron chi connectivity index (χ1n) is 8.21. The van der Waals surface area contributed by atoms with Gasteiger partial charge in [-0.15, -0.1) is 0 Å². The Morgan fingerprint density at radius 1 is 0.960 bits per heavy atom. The Bertz CT molecular complexity index is 921. The van der Waals surface area contributed by atoms with Gasteiger partial charge in [0.2, 0.25) is 0 Å². The number of benzene rings is 3. The van der Waals surface area contributed by atoms with E-state index in [-0.39, 0.29) is 31.9 Å². The van der Waals surface area contributed by atoms with Crippen LogP contribution in [0.15, 0.2) is 66.7 Å². The van der Waals surface area contributed by atoms with Gasteiger partial charge in [0, 0.05) is 0 Å². The Labute approximate surface area is 154 Å². The van der Waals surface area contributed by atoms with Gasteiger partial charge in [-0.05, 0) is 0 Å². The summed E-state index contributed by atoms with van der Waals surface area (Å²) in [4.78, 5) is 0. The Morgan fingerprint density at radius 3 is 2.32 bits per heavy atom. The Kier molecular flexibility index (Phi) is 4.98. The Balaban J connectivity index is 2.17. The van der Waals surface area contributed by atoms with Crippen LogP contribution in [0, 0.1) is 11.2 Å². The molecule has 0 atom stereocenters. The molecule has 128 valence electrons. The van der Waals surface area contributed by atoms with Crippen molar-refractivity contribution in [3.8, 4) is 5.75 Å². The van der Waals surface area contributed by atoms with Crippen LogP contribution in [0.1, 0.15) is 26.3 Å². The Morgan fingerprint density at radius 2 is 1.64 bits per heavy atom. The van der Waals surface area contributed by atoms with E-state index in [0.717, 1.165) is 25.3 Å². The minimum absolute atomic E-state index is 0.0273. The summed E-state index contributed by atoms with van der Waals surface area (Å²) in [5.74, 6) is 0.0621. The summed E-state index contributed by atoms with van der Waals surface area (Å²) in [6.07, 6.45) is 2.22. The van der Waals surface area contributed by atoms with E-state index >= 15 is 0 Å². The van der Waals surface area contributed by atoms with Crippen LogP contribution >= 0.6 is 0 Å². The first kappa shape index (κ1) is 17.7. The molecular weight excluding hydrogens is 378 g/mol. The molecule has 0 spiro atoms. The van der Waals surface area contributed by atoms with Gasteiger partial charge in [0.15, 0.2) is 0 Å². The molecule has 3 rings (SSSR count). The van der Waals surface area contributed by atoms with E-state index < -0.39 is 0 Å². The van der Waals surface area contributed by atoms with Gasteiger partial charge in [0.25, 0.3) is 0 Å². The second-order valence-electron chi connectivity index (χ2n) is 7.11. The molecule has 1 nitrogen and oxygen atoms in total. The molecule has 0 saturated carbocycles. The maximum absolute atomic E-state index is 13.2. The molecule has 3 aromatic carbocycles. The molecule has 0 fully saturated rings. The normalized spacial score (nSPS) is 12.6. The van der Waals surface area contributed by atoms with Gasteiger partial charge in [-0.3, -0.25) is 0 Å². The molecule has 0 aromatic heterocycles. The van der Waals surface area contributed by atoms with Crippen LogP contribution in [0.4, 0.5) is 4.39 Å². The van der Waals surface area contributed by atoms with Crippen LogP contribution in [0.3, 0.4) is 0 Å². The van der Waals surface area contributed by atoms with Gasteiger partial charge >= 0.3 is 154 Å². The minimum atomic E-state index is -0.228. The van der Waals surface area contributed by atoms with Crippen molar-refractivity contribution in [2.75, 3.05) is 0 Å². The molecule has 3 heteroatoms. The summed E-state index contributed by atoms with van der Waals surface area (Å²) in [5.41, 5.74) is 0.859. The van der Waals surface area contributed by atoms with Gasteiger partial charge in [0.1, 0.15) is 0 Å². The number of allylic oxidation sites excluding steroid dienone is 1. The van der Waals surface area contributed by atoms with E-state index in [1.807, 2.05) is 36.4 Å². The first-order chi connectivity index (χ1) is 11.8. The summed E-state index contributed by atoms with van der Waals surface area (Å²) in [6, 6.07) is 18.4. The van der Waals surface area contributed by atoms with E-state index in [1.54, 1.807) is 6.07 Å². The molecule has 25 heavy (non-hydrogen) atoms. The van der Waals surface area contributed by atoms with Crippen LogP contribution in [-0.2, 0) is 0 Å². The molecule has 0 heterocycles. The van der Waals surface area contributed by atoms with E-state index in [1.165, 1.54) is 12.1 Å². The fourth-order valence-corrected chi connectivity index (χ4v) is 5.33. The van der Waals surface area contributed by atoms with Gasteiger partial charge in [-0.1, -0.05) is 0 Å². The fraction of sp³-hybridized carbons (Fsp3) is 0.182. The fourth-order valence-electron chi connectivity index (χ4n) is 2.69. The van der Waals surface area contributed by atoms with Gasteiger partial charge < -0.3 is 0 Å². The quantitative estimate of drug-likeness (QED) is 0.608. The van der Waals surface area contributed by atoms with E-state index in [4.69, 9.17) is 0 Å². The number of aromatic hydroxyl groups is 1. The topological polar surface area (TPSA) is 20.2 Å². The molecule has 1 N–H and O–H groups in total. The standard InChI is InChI=1S/C22H21FOSe/c1-22(2,3)14-20(25-17-11-9-16(23)10-12-17)21-18-7-5-4-6-15(18)8-13-19(21)24/h4-14,24H,1-3H3/b20-14+. The molecule has 0 aliphatic rings. The second kappa shape index (κ2) is 7.03. The molecule has 0 saturated heterocycles. The Hall–Kier alpha value is -2.09. The van der Waals surface area contributed by atoms with Crippen molar-refractivity contribution < 1.29 is 9.50 Å². The number of phenols is 1. The van der Waals surface area contributed by atoms with Gasteiger partial charge in [0.05, 0.1) is 0 Å². The van der Waals surface area contributed by atoms with E-state index in [0.29, 0.717) is 0 Å². The van der Waals surface area contributed by atoms with Crippen LogP contribution in [0.25, 0.3) is 15.2 Å². The maximum atomic E-state index is 13.2. The molecule has 0 unspecified atom stereocenters. The summed E-state index contributed by atoms with van der Waals surface area (Å²) in [5, 5.41) is 12.8. The number of rotatable bonds is 3. The first-order valence-corrected chi connectivity index (χ1v) is 9.92. The molecule has 0 aliphatic carbocycles. The number of hydrogen-bond donors (Lipinski definition) is 1. The SMILES string of the molecule is CC(C)(C)/C=C(/[Se]c1ccc(F)cc1)c1c(O)ccc2ccccc12. The third kappa shape index (κ3) is 4.31. The number of fused-ring (bicyclic) bond motifs is 1. The summed E-state index contributed by atoms with van der Waals surface area (Å²) < 4.78 is 15.4. The van der Waals surface area contributed by atoms with Crippen molar-refractivity contribution in [1.82, 2.24) is 0 Å². The summed E-state index contributed by atoms with van der Waals surface area (Å²) in [6.45, 7) is 6.45. The van der Waals surface area contributed by atoms with Crippen molar-refractivity contribution >= 4 is 34.7 Å². The molecule has 0 radical (unpaired) electrons. The predicted octanol–water partition coefficient (Wildman–Crippen LogP) is 5.10. The monoisotopic (exact) mass is 400 g/mol. The van der Waals surface area contributed by atoms with Crippen molar-refractivity contribution in [1.29, 1.82) is 0 Å². The van der Waals surface area contributed by atoms with E-state index in [9.17, 15) is 9.50 Å². The van der Waals surface area contributed by atoms with Crippen molar-refractivity contribution in [2.24, 2.45) is 5.41 Å². The van der Waals surface area contributed by atoms with Crippen molar-refractivity contribution in [2.45, 2.75) is 20.8 Å². The molecule has 3 aromatic rings. The molecular formula is C22H21FOSe. The summed E-state index contributed by atoms with van der Waals surface area (Å²) >= 11 is -0.0391. The third-order valence-corrected chi connectivity index (χ3v) is 5.96. The number of hydrogen-bond acceptors (Lipinski definition) is 1. The second-order valence-corrected chi connectivity index (χ2v) is 9.45. The van der Waals surface area contributed by atoms with Gasteiger partial charge in [-0.25, -0.2) is 0 Å². The van der Waals surface area contributed by atoms with Crippen LogP contribution in [0.5, 0.6) is 5.75 Å². The third-order valence-electron chi connectivity index (χ3n) is 3.76. The molecule has 0 amide bonds. The predicted molar refractivity (Wildman–Crippen MR) is 105 cm³/mol. The number of halogens is 1. The average molecular weight is 399 g/mol. The van der Waals surface area contributed by atoms with Crippen molar-refractivity contribution in [3.05, 3.63) is 78.1 Å². The van der Waals surface area contributed by atoms with Gasteiger partial charge in [-0.2, -0.15) is 0 Å². The summed E-state index contributed by atoms with van der Waals surface area (Å²) in [7, 11) is 0. The zero-order chi connectivity index (χ0) is 18.0. The van der Waals surface area contributed by atoms with Crippen LogP contribution < -0.4 is 4.46 Å². The molecule has 0 bridgehead atoms. The average Bonchev–Trinajstić information content (AvgIpc) is 2.55. The van der Waals surface area contributed by atoms with Crippen LogP contribution in [0.2, 0.25) is 0 Å². The van der Waals surface area contributed by atoms with Crippen molar-refractivity contribution in [3.63, 3.8) is 0 Å². The van der Waals surface area contributed by atoms with E-state index in [2.05, 4.69) is 32.9 Å². The zero-order valence-corrected chi connectivity index (χ0v) is 16.3. The van der Waals surface area contributed by atoms with Crippen LogP contribution in [-0.4, -0.2) is 20.1 Å².